The summed E-state index contributed by atoms with van der Waals surface area (Å²) in [6, 6.07) is 9.47. The standard InChI is InChI=1S/C22H28N6O3/c29-18(8-2-9-23-21-24-10-4-11-25-21)26-14-15-5-1-6-16(13-15)19-17-7-3-12-31-20(17)28-22(30)27-19/h1,4-6,10-11,13,17,19-20H,2-3,7-9,12,14H2,(H,26,29)(H,23,24,25)(H2,27,28,30)/t17-,19-,20-/m0/s1. The van der Waals surface area contributed by atoms with Gasteiger partial charge < -0.3 is 26.0 Å². The Morgan fingerprint density at radius 3 is 2.94 bits per heavy atom. The highest BCUT2D eigenvalue weighted by Gasteiger charge is 2.39. The van der Waals surface area contributed by atoms with Gasteiger partial charge in [-0.15, -0.1) is 0 Å². The molecule has 1 aromatic heterocycles. The lowest BCUT2D eigenvalue weighted by Crippen LogP contribution is -2.58. The summed E-state index contributed by atoms with van der Waals surface area (Å²) in [5, 5.41) is 12.0. The highest BCUT2D eigenvalue weighted by molar-refractivity contribution is 5.76. The number of fused-ring (bicyclic) bond motifs is 1. The van der Waals surface area contributed by atoms with Gasteiger partial charge in [-0.05, 0) is 36.5 Å². The van der Waals surface area contributed by atoms with Crippen LogP contribution in [-0.2, 0) is 16.1 Å². The number of urea groups is 1. The zero-order valence-electron chi connectivity index (χ0n) is 17.3. The van der Waals surface area contributed by atoms with Gasteiger partial charge in [-0.25, -0.2) is 14.8 Å². The fraction of sp³-hybridized carbons (Fsp3) is 0.455. The molecule has 0 radical (unpaired) electrons. The van der Waals surface area contributed by atoms with Crippen molar-refractivity contribution in [3.63, 3.8) is 0 Å². The van der Waals surface area contributed by atoms with Crippen LogP contribution in [-0.4, -0.2) is 41.3 Å². The first-order valence-corrected chi connectivity index (χ1v) is 10.7. The fourth-order valence-electron chi connectivity index (χ4n) is 4.07. The summed E-state index contributed by atoms with van der Waals surface area (Å²) >= 11 is 0. The predicted molar refractivity (Wildman–Crippen MR) is 115 cm³/mol. The molecule has 3 amide bonds. The third-order valence-corrected chi connectivity index (χ3v) is 5.59. The number of amides is 3. The Kier molecular flexibility index (Phi) is 6.93. The maximum absolute atomic E-state index is 12.2. The molecule has 164 valence electrons. The van der Waals surface area contributed by atoms with Crippen molar-refractivity contribution in [1.82, 2.24) is 25.9 Å². The number of carbonyl (C=O) groups is 2. The molecule has 0 bridgehead atoms. The fourth-order valence-corrected chi connectivity index (χ4v) is 4.07. The van der Waals surface area contributed by atoms with E-state index in [9.17, 15) is 9.59 Å². The van der Waals surface area contributed by atoms with E-state index in [4.69, 9.17) is 4.74 Å². The summed E-state index contributed by atoms with van der Waals surface area (Å²) in [7, 11) is 0. The number of carbonyl (C=O) groups excluding carboxylic acids is 2. The summed E-state index contributed by atoms with van der Waals surface area (Å²) in [5.74, 6) is 0.754. The molecule has 2 saturated heterocycles. The van der Waals surface area contributed by atoms with Crippen molar-refractivity contribution < 1.29 is 14.3 Å². The minimum atomic E-state index is -0.245. The topological polar surface area (TPSA) is 117 Å². The van der Waals surface area contributed by atoms with Gasteiger partial charge in [0.05, 0.1) is 6.04 Å². The SMILES string of the molecule is O=C(CCCNc1ncccn1)NCc1cccc([C@@H]2NC(=O)N[C@H]3OCCC[C@H]32)c1. The Hall–Kier alpha value is -3.20. The quantitative estimate of drug-likeness (QED) is 0.482. The van der Waals surface area contributed by atoms with Crippen molar-refractivity contribution in [3.8, 4) is 0 Å². The molecule has 9 nitrogen and oxygen atoms in total. The highest BCUT2D eigenvalue weighted by atomic mass is 16.5. The second-order valence-corrected chi connectivity index (χ2v) is 7.82. The Balaban J connectivity index is 1.26. The molecular weight excluding hydrogens is 396 g/mol. The van der Waals surface area contributed by atoms with E-state index in [1.165, 1.54) is 0 Å². The maximum atomic E-state index is 12.2. The molecule has 0 unspecified atom stereocenters. The van der Waals surface area contributed by atoms with Crippen LogP contribution in [0.3, 0.4) is 0 Å². The minimum Gasteiger partial charge on any atom is -0.358 e. The van der Waals surface area contributed by atoms with Crippen LogP contribution in [0.25, 0.3) is 0 Å². The Labute approximate surface area is 181 Å². The average molecular weight is 425 g/mol. The van der Waals surface area contributed by atoms with Crippen molar-refractivity contribution in [2.24, 2.45) is 5.92 Å². The van der Waals surface area contributed by atoms with Gasteiger partial charge in [0.2, 0.25) is 11.9 Å². The number of rotatable bonds is 8. The molecule has 0 saturated carbocycles. The highest BCUT2D eigenvalue weighted by Crippen LogP contribution is 2.34. The molecule has 4 N–H and O–H groups in total. The first-order valence-electron chi connectivity index (χ1n) is 10.7. The number of benzene rings is 1. The molecule has 31 heavy (non-hydrogen) atoms. The van der Waals surface area contributed by atoms with Gasteiger partial charge in [0.25, 0.3) is 0 Å². The van der Waals surface area contributed by atoms with Gasteiger partial charge in [-0.1, -0.05) is 24.3 Å². The second-order valence-electron chi connectivity index (χ2n) is 7.82. The first-order chi connectivity index (χ1) is 15.2. The maximum Gasteiger partial charge on any atom is 0.317 e. The first kappa shape index (κ1) is 21.0. The van der Waals surface area contributed by atoms with Crippen LogP contribution in [0.5, 0.6) is 0 Å². The van der Waals surface area contributed by atoms with Crippen LogP contribution in [0.2, 0.25) is 0 Å². The molecule has 2 aliphatic heterocycles. The lowest BCUT2D eigenvalue weighted by molar-refractivity contribution is -0.121. The Morgan fingerprint density at radius 1 is 1.19 bits per heavy atom. The molecule has 2 fully saturated rings. The molecule has 4 rings (SSSR count). The van der Waals surface area contributed by atoms with E-state index in [1.807, 2.05) is 18.2 Å². The lowest BCUT2D eigenvalue weighted by Gasteiger charge is -2.42. The third-order valence-electron chi connectivity index (χ3n) is 5.59. The van der Waals surface area contributed by atoms with E-state index in [0.717, 1.165) is 24.0 Å². The van der Waals surface area contributed by atoms with Gasteiger partial charge >= 0.3 is 6.03 Å². The van der Waals surface area contributed by atoms with Crippen LogP contribution in [0.1, 0.15) is 42.9 Å². The molecular formula is C22H28N6O3. The van der Waals surface area contributed by atoms with Crippen molar-refractivity contribution in [1.29, 1.82) is 0 Å². The van der Waals surface area contributed by atoms with E-state index < -0.39 is 0 Å². The van der Waals surface area contributed by atoms with Gasteiger partial charge in [-0.2, -0.15) is 0 Å². The van der Waals surface area contributed by atoms with Crippen molar-refractivity contribution in [2.45, 2.75) is 44.5 Å². The van der Waals surface area contributed by atoms with Crippen molar-refractivity contribution >= 4 is 17.9 Å². The second kappa shape index (κ2) is 10.2. The molecule has 3 heterocycles. The number of ether oxygens (including phenoxy) is 1. The van der Waals surface area contributed by atoms with Crippen molar-refractivity contribution in [3.05, 3.63) is 53.9 Å². The predicted octanol–water partition coefficient (Wildman–Crippen LogP) is 2.09. The molecule has 1 aromatic carbocycles. The van der Waals surface area contributed by atoms with E-state index in [-0.39, 0.29) is 30.1 Å². The Morgan fingerprint density at radius 2 is 2.06 bits per heavy atom. The van der Waals surface area contributed by atoms with Gasteiger partial charge in [0.15, 0.2) is 0 Å². The van der Waals surface area contributed by atoms with Crippen LogP contribution >= 0.6 is 0 Å². The molecule has 9 heteroatoms. The van der Waals surface area contributed by atoms with E-state index in [0.29, 0.717) is 38.5 Å². The normalized spacial score (nSPS) is 22.6. The van der Waals surface area contributed by atoms with Gasteiger partial charge in [0.1, 0.15) is 6.23 Å². The van der Waals surface area contributed by atoms with Crippen molar-refractivity contribution in [2.75, 3.05) is 18.5 Å². The van der Waals surface area contributed by atoms with Gasteiger partial charge in [-0.3, -0.25) is 4.79 Å². The number of anilines is 1. The summed E-state index contributed by atoms with van der Waals surface area (Å²) in [6.07, 6.45) is 6.19. The van der Waals surface area contributed by atoms with Gasteiger partial charge in [0, 0.05) is 44.4 Å². The number of nitrogens with zero attached hydrogens (tertiary/aromatic N) is 2. The van der Waals surface area contributed by atoms with E-state index in [1.54, 1.807) is 18.5 Å². The largest absolute Gasteiger partial charge is 0.358 e. The molecule has 0 spiro atoms. The monoisotopic (exact) mass is 424 g/mol. The smallest absolute Gasteiger partial charge is 0.317 e. The number of nitrogens with one attached hydrogen (secondary N) is 4. The number of hydrogen-bond donors (Lipinski definition) is 4. The van der Waals surface area contributed by atoms with Crippen LogP contribution in [0.15, 0.2) is 42.7 Å². The number of hydrogen-bond acceptors (Lipinski definition) is 6. The zero-order chi connectivity index (χ0) is 21.5. The van der Waals surface area contributed by atoms with Crippen LogP contribution < -0.4 is 21.3 Å². The van der Waals surface area contributed by atoms with E-state index in [2.05, 4.69) is 37.3 Å². The summed E-state index contributed by atoms with van der Waals surface area (Å²) < 4.78 is 5.75. The molecule has 2 aromatic rings. The minimum absolute atomic E-state index is 0.00269. The Bertz CT molecular complexity index is 894. The summed E-state index contributed by atoms with van der Waals surface area (Å²) in [5.41, 5.74) is 2.04. The van der Waals surface area contributed by atoms with Crippen LogP contribution in [0.4, 0.5) is 10.7 Å². The summed E-state index contributed by atoms with van der Waals surface area (Å²) in [6.45, 7) is 1.76. The molecule has 2 aliphatic rings. The van der Waals surface area contributed by atoms with E-state index >= 15 is 0 Å². The lowest BCUT2D eigenvalue weighted by atomic mass is 9.85. The molecule has 0 aliphatic carbocycles. The third kappa shape index (κ3) is 5.69. The number of aromatic nitrogens is 2. The average Bonchev–Trinajstić information content (AvgIpc) is 2.81. The zero-order valence-corrected chi connectivity index (χ0v) is 17.3. The summed E-state index contributed by atoms with van der Waals surface area (Å²) in [4.78, 5) is 32.4. The molecule has 3 atom stereocenters. The van der Waals surface area contributed by atoms with Crippen LogP contribution in [0, 0.1) is 5.92 Å².